The molecule has 9 nitrogen and oxygen atoms in total. The molecule has 2 unspecified atom stereocenters. The highest BCUT2D eigenvalue weighted by Gasteiger charge is 2.35. The lowest BCUT2D eigenvalue weighted by Gasteiger charge is -2.34. The van der Waals surface area contributed by atoms with Crippen molar-refractivity contribution in [2.24, 2.45) is 10.3 Å². The van der Waals surface area contributed by atoms with Gasteiger partial charge in [-0.2, -0.15) is 20.2 Å². The van der Waals surface area contributed by atoms with Crippen LogP contribution in [0.2, 0.25) is 0 Å². The fourth-order valence-electron chi connectivity index (χ4n) is 4.59. The Balaban J connectivity index is 1.35. The van der Waals surface area contributed by atoms with Crippen molar-refractivity contribution in [3.8, 4) is 0 Å². The number of fused-ring (bicyclic) bond motifs is 2. The number of amidine groups is 1. The molecule has 1 saturated heterocycles. The van der Waals surface area contributed by atoms with E-state index < -0.39 is 10.0 Å². The lowest BCUT2D eigenvalue weighted by molar-refractivity contribution is -0.127. The summed E-state index contributed by atoms with van der Waals surface area (Å²) < 4.78 is 30.9. The Labute approximate surface area is 202 Å². The standard InChI is InChI=1S/C23H26N6O3S2/c1-33-14-11-18(22-26-25-20-10-4-5-13-29(20)22)24-23(30)16-7-6-12-28(15-16)21-17-8-2-3-9-19(17)34(31,32)27-21/h2-5,8-10,13,16,18H,6-7,11-12,14-15H2,1H3,(H,24,30). The van der Waals surface area contributed by atoms with Gasteiger partial charge in [-0.05, 0) is 55.5 Å². The zero-order valence-corrected chi connectivity index (χ0v) is 20.4. The number of likely N-dealkylation sites (tertiary alicyclic amines) is 1. The third kappa shape index (κ3) is 4.29. The normalized spacial score (nSPS) is 20.1. The Morgan fingerprint density at radius 1 is 1.21 bits per heavy atom. The Hall–Kier alpha value is -2.92. The number of rotatable bonds is 6. The Kier molecular flexibility index (Phi) is 6.30. The van der Waals surface area contributed by atoms with Gasteiger partial charge in [-0.3, -0.25) is 9.20 Å². The number of benzene rings is 1. The number of carbonyl (C=O) groups is 1. The van der Waals surface area contributed by atoms with Crippen LogP contribution < -0.4 is 5.32 Å². The first kappa shape index (κ1) is 22.9. The molecule has 1 amide bonds. The van der Waals surface area contributed by atoms with Gasteiger partial charge < -0.3 is 10.2 Å². The van der Waals surface area contributed by atoms with Crippen LogP contribution in [0.25, 0.3) is 5.65 Å². The van der Waals surface area contributed by atoms with Crippen molar-refractivity contribution in [1.29, 1.82) is 0 Å². The molecule has 0 spiro atoms. The van der Waals surface area contributed by atoms with Crippen LogP contribution in [0.4, 0.5) is 0 Å². The predicted octanol–water partition coefficient (Wildman–Crippen LogP) is 2.50. The number of amides is 1. The van der Waals surface area contributed by atoms with Crippen molar-refractivity contribution >= 4 is 39.2 Å². The monoisotopic (exact) mass is 498 g/mol. The third-order valence-corrected chi connectivity index (χ3v) is 8.25. The zero-order chi connectivity index (χ0) is 23.7. The topological polar surface area (TPSA) is 109 Å². The Morgan fingerprint density at radius 3 is 2.88 bits per heavy atom. The lowest BCUT2D eigenvalue weighted by Crippen LogP contribution is -2.46. The molecule has 178 valence electrons. The molecule has 11 heteroatoms. The van der Waals surface area contributed by atoms with Gasteiger partial charge >= 0.3 is 0 Å². The van der Waals surface area contributed by atoms with E-state index in [1.54, 1.807) is 30.0 Å². The number of hydrogen-bond acceptors (Lipinski definition) is 7. The quantitative estimate of drug-likeness (QED) is 0.556. The molecule has 1 aromatic carbocycles. The first-order valence-corrected chi connectivity index (χ1v) is 14.1. The van der Waals surface area contributed by atoms with Crippen LogP contribution in [0.15, 0.2) is 58.0 Å². The maximum atomic E-state index is 13.4. The average molecular weight is 499 g/mol. The summed E-state index contributed by atoms with van der Waals surface area (Å²) in [6, 6.07) is 12.3. The number of nitrogens with zero attached hydrogens (tertiary/aromatic N) is 5. The van der Waals surface area contributed by atoms with E-state index in [9.17, 15) is 13.2 Å². The molecule has 0 aliphatic carbocycles. The molecular weight excluding hydrogens is 472 g/mol. The highest BCUT2D eigenvalue weighted by molar-refractivity contribution is 7.98. The smallest absolute Gasteiger partial charge is 0.285 e. The number of hydrogen-bond donors (Lipinski definition) is 1. The van der Waals surface area contributed by atoms with E-state index >= 15 is 0 Å². The van der Waals surface area contributed by atoms with Gasteiger partial charge in [0.15, 0.2) is 17.3 Å². The molecule has 34 heavy (non-hydrogen) atoms. The molecule has 1 N–H and O–H groups in total. The van der Waals surface area contributed by atoms with E-state index in [1.807, 2.05) is 46.0 Å². The largest absolute Gasteiger partial charge is 0.355 e. The fraction of sp³-hybridized carbons (Fsp3) is 0.391. The molecule has 2 atom stereocenters. The van der Waals surface area contributed by atoms with Crippen LogP contribution in [0, 0.1) is 5.92 Å². The van der Waals surface area contributed by atoms with Gasteiger partial charge in [0.05, 0.1) is 12.0 Å². The Bertz CT molecular complexity index is 1350. The minimum atomic E-state index is -3.70. The molecule has 0 bridgehead atoms. The SMILES string of the molecule is CSCCC(NC(=O)C1CCCN(C2=NS(=O)(=O)c3ccccc32)C1)c1nnc2ccccn12. The summed E-state index contributed by atoms with van der Waals surface area (Å²) in [5.74, 6) is 1.69. The summed E-state index contributed by atoms with van der Waals surface area (Å²) in [4.78, 5) is 15.5. The molecule has 4 heterocycles. The van der Waals surface area contributed by atoms with Crippen molar-refractivity contribution in [2.45, 2.75) is 30.2 Å². The molecule has 1 fully saturated rings. The van der Waals surface area contributed by atoms with Crippen LogP contribution in [0.5, 0.6) is 0 Å². The van der Waals surface area contributed by atoms with Crippen LogP contribution in [0.3, 0.4) is 0 Å². The lowest BCUT2D eigenvalue weighted by atomic mass is 9.95. The average Bonchev–Trinajstić information content (AvgIpc) is 3.40. The molecular formula is C23H26N6O3S2. The minimum absolute atomic E-state index is 0.0572. The summed E-state index contributed by atoms with van der Waals surface area (Å²) in [6.45, 7) is 1.08. The van der Waals surface area contributed by atoms with E-state index in [4.69, 9.17) is 0 Å². The van der Waals surface area contributed by atoms with Crippen molar-refractivity contribution in [1.82, 2.24) is 24.8 Å². The molecule has 2 aliphatic rings. The van der Waals surface area contributed by atoms with Crippen LogP contribution in [-0.2, 0) is 14.8 Å². The second-order valence-electron chi connectivity index (χ2n) is 8.50. The highest BCUT2D eigenvalue weighted by atomic mass is 32.2. The van der Waals surface area contributed by atoms with E-state index in [1.165, 1.54) is 0 Å². The van der Waals surface area contributed by atoms with Gasteiger partial charge in [0.2, 0.25) is 5.91 Å². The van der Waals surface area contributed by atoms with E-state index in [2.05, 4.69) is 19.9 Å². The van der Waals surface area contributed by atoms with E-state index in [-0.39, 0.29) is 22.8 Å². The fourth-order valence-corrected chi connectivity index (χ4v) is 6.29. The molecule has 0 saturated carbocycles. The molecule has 2 aromatic heterocycles. The zero-order valence-electron chi connectivity index (χ0n) is 18.8. The second kappa shape index (κ2) is 9.38. The first-order chi connectivity index (χ1) is 16.5. The van der Waals surface area contributed by atoms with Gasteiger partial charge in [0.25, 0.3) is 10.0 Å². The van der Waals surface area contributed by atoms with E-state index in [0.717, 1.165) is 30.7 Å². The molecule has 2 aliphatic heterocycles. The summed E-state index contributed by atoms with van der Waals surface area (Å²) >= 11 is 1.72. The number of pyridine rings is 1. The van der Waals surface area contributed by atoms with Crippen molar-refractivity contribution in [3.05, 3.63) is 60.0 Å². The van der Waals surface area contributed by atoms with Gasteiger partial charge in [0.1, 0.15) is 4.90 Å². The van der Waals surface area contributed by atoms with Crippen LogP contribution in [0.1, 0.15) is 36.7 Å². The number of thioether (sulfide) groups is 1. The predicted molar refractivity (Wildman–Crippen MR) is 131 cm³/mol. The minimum Gasteiger partial charge on any atom is -0.355 e. The molecule has 0 radical (unpaired) electrons. The van der Waals surface area contributed by atoms with Gasteiger partial charge in [-0.1, -0.05) is 18.2 Å². The first-order valence-electron chi connectivity index (χ1n) is 11.3. The number of piperidine rings is 1. The van der Waals surface area contributed by atoms with Crippen molar-refractivity contribution < 1.29 is 13.2 Å². The van der Waals surface area contributed by atoms with Gasteiger partial charge in [0, 0.05) is 24.8 Å². The highest BCUT2D eigenvalue weighted by Crippen LogP contribution is 2.30. The summed E-state index contributed by atoms with van der Waals surface area (Å²) in [5, 5.41) is 11.8. The second-order valence-corrected chi connectivity index (χ2v) is 11.1. The molecule has 3 aromatic rings. The van der Waals surface area contributed by atoms with Crippen LogP contribution >= 0.6 is 11.8 Å². The van der Waals surface area contributed by atoms with E-state index in [0.29, 0.717) is 30.3 Å². The third-order valence-electron chi connectivity index (χ3n) is 6.28. The summed E-state index contributed by atoms with van der Waals surface area (Å²) in [7, 11) is -3.70. The number of aromatic nitrogens is 3. The maximum absolute atomic E-state index is 13.4. The number of nitrogens with one attached hydrogen (secondary N) is 1. The summed E-state index contributed by atoms with van der Waals surface area (Å²) in [5.41, 5.74) is 1.35. The summed E-state index contributed by atoms with van der Waals surface area (Å²) in [6.07, 6.45) is 6.19. The van der Waals surface area contributed by atoms with Crippen molar-refractivity contribution in [2.75, 3.05) is 25.1 Å². The van der Waals surface area contributed by atoms with Crippen LogP contribution in [-0.4, -0.2) is 64.8 Å². The van der Waals surface area contributed by atoms with Gasteiger partial charge in [-0.25, -0.2) is 0 Å². The molecule has 5 rings (SSSR count). The van der Waals surface area contributed by atoms with Gasteiger partial charge in [-0.15, -0.1) is 14.6 Å². The Morgan fingerprint density at radius 2 is 2.03 bits per heavy atom. The maximum Gasteiger partial charge on any atom is 0.285 e. The number of sulfonamides is 1. The van der Waals surface area contributed by atoms with Crippen molar-refractivity contribution in [3.63, 3.8) is 0 Å². The number of carbonyl (C=O) groups excluding carboxylic acids is 1.